The van der Waals surface area contributed by atoms with Crippen molar-refractivity contribution in [3.8, 4) is 56.4 Å². The van der Waals surface area contributed by atoms with Gasteiger partial charge in [-0.2, -0.15) is 0 Å². The lowest BCUT2D eigenvalue weighted by Gasteiger charge is -2.11. The lowest BCUT2D eigenvalue weighted by Crippen LogP contribution is -2.00. The van der Waals surface area contributed by atoms with Crippen molar-refractivity contribution < 1.29 is 4.42 Å². The minimum absolute atomic E-state index is 0.594. The van der Waals surface area contributed by atoms with Crippen LogP contribution in [-0.4, -0.2) is 15.0 Å². The summed E-state index contributed by atoms with van der Waals surface area (Å²) in [4.78, 5) is 15.2. The highest BCUT2D eigenvalue weighted by Gasteiger charge is 2.17. The van der Waals surface area contributed by atoms with Gasteiger partial charge >= 0.3 is 0 Å². The number of benzene rings is 7. The van der Waals surface area contributed by atoms with Crippen LogP contribution in [0.3, 0.4) is 0 Å². The van der Waals surface area contributed by atoms with Crippen molar-refractivity contribution in [3.05, 3.63) is 163 Å². The van der Waals surface area contributed by atoms with Crippen molar-refractivity contribution in [3.63, 3.8) is 0 Å². The number of nitrogens with zero attached hydrogens (tertiary/aromatic N) is 3. The molecule has 0 radical (unpaired) electrons. The number of furan rings is 1. The summed E-state index contributed by atoms with van der Waals surface area (Å²) in [5.41, 5.74) is 10.3. The Bertz CT molecular complexity index is 2620. The molecule has 7 aromatic carbocycles. The van der Waals surface area contributed by atoms with Gasteiger partial charge in [-0.25, -0.2) is 15.0 Å². The second kappa shape index (κ2) is 11.4. The Labute approximate surface area is 278 Å². The smallest absolute Gasteiger partial charge is 0.164 e. The highest BCUT2D eigenvalue weighted by atomic mass is 16.3. The van der Waals surface area contributed by atoms with Crippen LogP contribution in [-0.2, 0) is 0 Å². The van der Waals surface area contributed by atoms with Crippen LogP contribution in [0.1, 0.15) is 5.56 Å². The Morgan fingerprint density at radius 2 is 1.04 bits per heavy atom. The molecule has 0 aliphatic carbocycles. The second-order valence-electron chi connectivity index (χ2n) is 12.1. The van der Waals surface area contributed by atoms with Crippen molar-refractivity contribution >= 4 is 32.7 Å². The highest BCUT2D eigenvalue weighted by molar-refractivity contribution is 6.13. The van der Waals surface area contributed by atoms with E-state index in [9.17, 15) is 0 Å². The molecule has 0 amide bonds. The van der Waals surface area contributed by atoms with Crippen LogP contribution < -0.4 is 0 Å². The van der Waals surface area contributed by atoms with E-state index in [4.69, 9.17) is 19.4 Å². The largest absolute Gasteiger partial charge is 0.456 e. The fourth-order valence-electron chi connectivity index (χ4n) is 6.63. The average molecular weight is 616 g/mol. The zero-order chi connectivity index (χ0) is 32.0. The molecule has 2 heterocycles. The first-order valence-electron chi connectivity index (χ1n) is 16.1. The van der Waals surface area contributed by atoms with Crippen LogP contribution in [0.5, 0.6) is 0 Å². The molecule has 226 valence electrons. The molecule has 0 aliphatic heterocycles. The molecule has 0 saturated heterocycles. The predicted octanol–water partition coefficient (Wildman–Crippen LogP) is 11.6. The van der Waals surface area contributed by atoms with Crippen LogP contribution in [0.2, 0.25) is 0 Å². The molecule has 0 atom stereocenters. The summed E-state index contributed by atoms with van der Waals surface area (Å²) in [6.45, 7) is 2.11. The maximum atomic E-state index is 6.46. The maximum absolute atomic E-state index is 6.46. The second-order valence-corrected chi connectivity index (χ2v) is 12.1. The zero-order valence-electron chi connectivity index (χ0n) is 26.3. The van der Waals surface area contributed by atoms with Crippen molar-refractivity contribution in [2.24, 2.45) is 0 Å². The van der Waals surface area contributed by atoms with Crippen LogP contribution in [0.25, 0.3) is 89.1 Å². The fraction of sp³-hybridized carbons (Fsp3) is 0.0227. The summed E-state index contributed by atoms with van der Waals surface area (Å²) in [6, 6.07) is 54.5. The molecule has 4 nitrogen and oxygen atoms in total. The number of aromatic nitrogens is 3. The van der Waals surface area contributed by atoms with Crippen LogP contribution in [0.15, 0.2) is 162 Å². The molecule has 48 heavy (non-hydrogen) atoms. The van der Waals surface area contributed by atoms with Gasteiger partial charge in [0, 0.05) is 27.5 Å². The molecular weight excluding hydrogens is 587 g/mol. The molecule has 0 unspecified atom stereocenters. The van der Waals surface area contributed by atoms with Gasteiger partial charge < -0.3 is 4.42 Å². The number of rotatable bonds is 5. The standard InChI is InChI=1S/C44H29N3O/c1-28-10-7-15-33(26-28)29-20-22-32(23-21-29)42-45-43(47-44(46-42)37-18-8-14-30-13-5-6-16-35(30)37)34-24-25-38-40(27-34)48-39-19-9-17-36(41(38)39)31-11-3-2-4-12-31/h2-27H,1H3. The number of hydrogen-bond acceptors (Lipinski definition) is 4. The normalized spacial score (nSPS) is 11.4. The Balaban J connectivity index is 1.21. The van der Waals surface area contributed by atoms with E-state index in [0.29, 0.717) is 17.5 Å². The number of aryl methyl sites for hydroxylation is 1. The average Bonchev–Trinajstić information content (AvgIpc) is 3.53. The summed E-state index contributed by atoms with van der Waals surface area (Å²) < 4.78 is 6.46. The molecule has 9 rings (SSSR count). The van der Waals surface area contributed by atoms with Crippen LogP contribution in [0, 0.1) is 6.92 Å². The quantitative estimate of drug-likeness (QED) is 0.193. The van der Waals surface area contributed by atoms with E-state index >= 15 is 0 Å². The van der Waals surface area contributed by atoms with Gasteiger partial charge in [-0.05, 0) is 58.1 Å². The monoisotopic (exact) mass is 615 g/mol. The third-order valence-corrected chi connectivity index (χ3v) is 9.00. The van der Waals surface area contributed by atoms with Crippen LogP contribution >= 0.6 is 0 Å². The molecule has 0 aliphatic rings. The lowest BCUT2D eigenvalue weighted by molar-refractivity contribution is 0.669. The zero-order valence-corrected chi connectivity index (χ0v) is 26.3. The summed E-state index contributed by atoms with van der Waals surface area (Å²) >= 11 is 0. The van der Waals surface area contributed by atoms with E-state index in [1.807, 2.05) is 18.2 Å². The molecule has 0 fully saturated rings. The molecule has 0 bridgehead atoms. The van der Waals surface area contributed by atoms with Gasteiger partial charge in [-0.1, -0.05) is 145 Å². The van der Waals surface area contributed by atoms with E-state index in [1.54, 1.807) is 0 Å². The van der Waals surface area contributed by atoms with Gasteiger partial charge in [0.15, 0.2) is 17.5 Å². The first kappa shape index (κ1) is 27.9. The molecule has 4 heteroatoms. The van der Waals surface area contributed by atoms with Crippen molar-refractivity contribution in [1.82, 2.24) is 15.0 Å². The van der Waals surface area contributed by atoms with E-state index in [1.165, 1.54) is 11.1 Å². The van der Waals surface area contributed by atoms with Gasteiger partial charge in [-0.15, -0.1) is 0 Å². The highest BCUT2D eigenvalue weighted by Crippen LogP contribution is 2.38. The minimum Gasteiger partial charge on any atom is -0.456 e. The Morgan fingerprint density at radius 1 is 0.396 bits per heavy atom. The van der Waals surface area contributed by atoms with E-state index in [0.717, 1.165) is 66.1 Å². The minimum atomic E-state index is 0.594. The Kier molecular flexibility index (Phi) is 6.65. The van der Waals surface area contributed by atoms with Gasteiger partial charge in [0.25, 0.3) is 0 Å². The predicted molar refractivity (Wildman–Crippen MR) is 197 cm³/mol. The molecule has 0 N–H and O–H groups in total. The summed E-state index contributed by atoms with van der Waals surface area (Å²) in [5.74, 6) is 1.84. The van der Waals surface area contributed by atoms with Gasteiger partial charge in [0.05, 0.1) is 0 Å². The first-order chi connectivity index (χ1) is 23.7. The topological polar surface area (TPSA) is 51.8 Å². The van der Waals surface area contributed by atoms with Gasteiger partial charge in [0.2, 0.25) is 0 Å². The molecular formula is C44H29N3O. The summed E-state index contributed by atoms with van der Waals surface area (Å²) in [6.07, 6.45) is 0. The fourth-order valence-corrected chi connectivity index (χ4v) is 6.63. The van der Waals surface area contributed by atoms with Gasteiger partial charge in [0.1, 0.15) is 11.2 Å². The van der Waals surface area contributed by atoms with Crippen molar-refractivity contribution in [2.75, 3.05) is 0 Å². The first-order valence-corrected chi connectivity index (χ1v) is 16.1. The van der Waals surface area contributed by atoms with E-state index in [2.05, 4.69) is 146 Å². The Morgan fingerprint density at radius 3 is 1.90 bits per heavy atom. The molecule has 0 saturated carbocycles. The summed E-state index contributed by atoms with van der Waals surface area (Å²) in [5, 5.41) is 4.40. The third kappa shape index (κ3) is 4.91. The maximum Gasteiger partial charge on any atom is 0.164 e. The van der Waals surface area contributed by atoms with Crippen molar-refractivity contribution in [2.45, 2.75) is 6.92 Å². The molecule has 9 aromatic rings. The van der Waals surface area contributed by atoms with Crippen LogP contribution in [0.4, 0.5) is 0 Å². The number of hydrogen-bond donors (Lipinski definition) is 0. The SMILES string of the molecule is Cc1cccc(-c2ccc(-c3nc(-c4ccc5c(c4)oc4cccc(-c6ccccc6)c45)nc(-c4cccc5ccccc45)n3)cc2)c1. The lowest BCUT2D eigenvalue weighted by atomic mass is 9.99. The Hall–Kier alpha value is -6.39. The molecule has 2 aromatic heterocycles. The summed E-state index contributed by atoms with van der Waals surface area (Å²) in [7, 11) is 0. The third-order valence-electron chi connectivity index (χ3n) is 9.00. The van der Waals surface area contributed by atoms with Gasteiger partial charge in [-0.3, -0.25) is 0 Å². The molecule has 0 spiro atoms. The number of fused-ring (bicyclic) bond motifs is 4. The van der Waals surface area contributed by atoms with E-state index < -0.39 is 0 Å². The van der Waals surface area contributed by atoms with Crippen molar-refractivity contribution in [1.29, 1.82) is 0 Å². The van der Waals surface area contributed by atoms with E-state index in [-0.39, 0.29) is 0 Å².